The van der Waals surface area contributed by atoms with Crippen molar-refractivity contribution in [2.24, 2.45) is 5.73 Å². The Morgan fingerprint density at radius 2 is 2.26 bits per heavy atom. The second-order valence-electron chi connectivity index (χ2n) is 4.27. The minimum Gasteiger partial charge on any atom is -0.383 e. The number of methoxy groups -OCH3 is 1. The van der Waals surface area contributed by atoms with Crippen LogP contribution in [0.15, 0.2) is 22.7 Å². The average Bonchev–Trinajstić information content (AvgIpc) is 2.35. The lowest BCUT2D eigenvalue weighted by Crippen LogP contribution is -2.30. The molecule has 0 radical (unpaired) electrons. The predicted molar refractivity (Wildman–Crippen MR) is 80.2 cm³/mol. The molecule has 0 aliphatic rings. The van der Waals surface area contributed by atoms with E-state index in [1.54, 1.807) is 7.11 Å². The van der Waals surface area contributed by atoms with Crippen LogP contribution in [0.5, 0.6) is 0 Å². The first-order valence-corrected chi connectivity index (χ1v) is 6.81. The van der Waals surface area contributed by atoms with Crippen molar-refractivity contribution in [3.8, 4) is 0 Å². The standard InChI is InChI=1S/C13H20BrN3O2/c1-17(9-13(15)18)11-4-3-10(12(14)7-11)8-16-5-6-19-2/h3-4,7,16H,5-6,8-9H2,1-2H3,(H2,15,18). The van der Waals surface area contributed by atoms with Crippen molar-refractivity contribution in [2.45, 2.75) is 6.54 Å². The molecule has 0 saturated heterocycles. The third-order valence-corrected chi connectivity index (χ3v) is 3.41. The summed E-state index contributed by atoms with van der Waals surface area (Å²) in [5, 5.41) is 3.28. The van der Waals surface area contributed by atoms with Gasteiger partial charge in [-0.3, -0.25) is 4.79 Å². The quantitative estimate of drug-likeness (QED) is 0.701. The molecular formula is C13H20BrN3O2. The number of carbonyl (C=O) groups is 1. The molecule has 106 valence electrons. The number of ether oxygens (including phenoxy) is 1. The Morgan fingerprint density at radius 3 is 2.84 bits per heavy atom. The van der Waals surface area contributed by atoms with Gasteiger partial charge in [-0.05, 0) is 17.7 Å². The number of nitrogens with zero attached hydrogens (tertiary/aromatic N) is 1. The fourth-order valence-corrected chi connectivity index (χ4v) is 2.15. The van der Waals surface area contributed by atoms with Crippen molar-refractivity contribution in [1.82, 2.24) is 5.32 Å². The first-order chi connectivity index (χ1) is 9.04. The molecule has 1 rings (SSSR count). The van der Waals surface area contributed by atoms with Gasteiger partial charge in [-0.2, -0.15) is 0 Å². The number of amides is 1. The topological polar surface area (TPSA) is 67.6 Å². The lowest BCUT2D eigenvalue weighted by atomic mass is 10.2. The highest BCUT2D eigenvalue weighted by Crippen LogP contribution is 2.23. The Balaban J connectivity index is 2.61. The number of nitrogens with one attached hydrogen (secondary N) is 1. The van der Waals surface area contributed by atoms with E-state index in [9.17, 15) is 4.79 Å². The molecular weight excluding hydrogens is 310 g/mol. The van der Waals surface area contributed by atoms with Crippen LogP contribution in [0, 0.1) is 0 Å². The van der Waals surface area contributed by atoms with Gasteiger partial charge in [-0.25, -0.2) is 0 Å². The van der Waals surface area contributed by atoms with Crippen LogP contribution in [0.2, 0.25) is 0 Å². The van der Waals surface area contributed by atoms with Gasteiger partial charge in [0.05, 0.1) is 13.2 Å². The lowest BCUT2D eigenvalue weighted by molar-refractivity contribution is -0.116. The molecule has 0 aliphatic heterocycles. The van der Waals surface area contributed by atoms with Crippen molar-refractivity contribution < 1.29 is 9.53 Å². The van der Waals surface area contributed by atoms with Crippen LogP contribution in [-0.4, -0.2) is 39.8 Å². The van der Waals surface area contributed by atoms with Gasteiger partial charge in [0.2, 0.25) is 5.91 Å². The zero-order valence-corrected chi connectivity index (χ0v) is 12.9. The Hall–Kier alpha value is -1.11. The summed E-state index contributed by atoms with van der Waals surface area (Å²) >= 11 is 3.54. The molecule has 0 atom stereocenters. The number of nitrogens with two attached hydrogens (primary N) is 1. The van der Waals surface area contributed by atoms with Gasteiger partial charge >= 0.3 is 0 Å². The lowest BCUT2D eigenvalue weighted by Gasteiger charge is -2.18. The van der Waals surface area contributed by atoms with Crippen molar-refractivity contribution in [3.63, 3.8) is 0 Å². The normalized spacial score (nSPS) is 10.5. The van der Waals surface area contributed by atoms with E-state index in [-0.39, 0.29) is 12.5 Å². The number of benzene rings is 1. The summed E-state index contributed by atoms with van der Waals surface area (Å²) in [6, 6.07) is 5.98. The van der Waals surface area contributed by atoms with Gasteiger partial charge in [-0.15, -0.1) is 0 Å². The van der Waals surface area contributed by atoms with Crippen LogP contribution in [0.4, 0.5) is 5.69 Å². The summed E-state index contributed by atoms with van der Waals surface area (Å²) < 4.78 is 5.98. The summed E-state index contributed by atoms with van der Waals surface area (Å²) in [7, 11) is 3.52. The minimum atomic E-state index is -0.344. The third kappa shape index (κ3) is 5.59. The third-order valence-electron chi connectivity index (χ3n) is 2.67. The summed E-state index contributed by atoms with van der Waals surface area (Å²) in [5.74, 6) is -0.344. The molecule has 0 saturated carbocycles. The van der Waals surface area contributed by atoms with Crippen LogP contribution in [0.1, 0.15) is 5.56 Å². The van der Waals surface area contributed by atoms with Crippen molar-refractivity contribution in [1.29, 1.82) is 0 Å². The number of rotatable bonds is 8. The summed E-state index contributed by atoms with van der Waals surface area (Å²) in [5.41, 5.74) is 7.29. The molecule has 5 nitrogen and oxygen atoms in total. The average molecular weight is 330 g/mol. The Morgan fingerprint density at radius 1 is 1.53 bits per heavy atom. The van der Waals surface area contributed by atoms with E-state index in [1.165, 1.54) is 0 Å². The maximum absolute atomic E-state index is 10.9. The van der Waals surface area contributed by atoms with Gasteiger partial charge in [-0.1, -0.05) is 22.0 Å². The van der Waals surface area contributed by atoms with Crippen LogP contribution in [-0.2, 0) is 16.1 Å². The first-order valence-electron chi connectivity index (χ1n) is 6.02. The van der Waals surface area contributed by atoms with Gasteiger partial charge in [0.15, 0.2) is 0 Å². The van der Waals surface area contributed by atoms with Gasteiger partial charge < -0.3 is 20.7 Å². The molecule has 0 spiro atoms. The van der Waals surface area contributed by atoms with Crippen molar-refractivity contribution >= 4 is 27.5 Å². The van der Waals surface area contributed by atoms with Gasteiger partial charge in [0, 0.05) is 37.4 Å². The molecule has 3 N–H and O–H groups in total. The highest BCUT2D eigenvalue weighted by molar-refractivity contribution is 9.10. The first kappa shape index (κ1) is 15.9. The molecule has 0 bridgehead atoms. The van der Waals surface area contributed by atoms with Gasteiger partial charge in [0.1, 0.15) is 0 Å². The molecule has 19 heavy (non-hydrogen) atoms. The van der Waals surface area contributed by atoms with Crippen LogP contribution >= 0.6 is 15.9 Å². The van der Waals surface area contributed by atoms with Crippen molar-refractivity contribution in [3.05, 3.63) is 28.2 Å². The number of likely N-dealkylation sites (N-methyl/N-ethyl adjacent to an activating group) is 1. The van der Waals surface area contributed by atoms with Crippen LogP contribution in [0.25, 0.3) is 0 Å². The summed E-state index contributed by atoms with van der Waals surface area (Å²) in [6.45, 7) is 2.48. The van der Waals surface area contributed by atoms with E-state index in [0.29, 0.717) is 6.61 Å². The monoisotopic (exact) mass is 329 g/mol. The molecule has 0 aromatic heterocycles. The highest BCUT2D eigenvalue weighted by Gasteiger charge is 2.07. The smallest absolute Gasteiger partial charge is 0.236 e. The fraction of sp³-hybridized carbons (Fsp3) is 0.462. The summed E-state index contributed by atoms with van der Waals surface area (Å²) in [6.07, 6.45) is 0. The maximum Gasteiger partial charge on any atom is 0.236 e. The molecule has 0 unspecified atom stereocenters. The van der Waals surface area contributed by atoms with E-state index in [4.69, 9.17) is 10.5 Å². The Kier molecular flexibility index (Phi) is 6.83. The SMILES string of the molecule is COCCNCc1ccc(N(C)CC(N)=O)cc1Br. The molecule has 1 aromatic carbocycles. The Bertz CT molecular complexity index is 426. The van der Waals surface area contributed by atoms with Crippen LogP contribution < -0.4 is 16.0 Å². The molecule has 6 heteroatoms. The van der Waals surface area contributed by atoms with Crippen molar-refractivity contribution in [2.75, 3.05) is 38.8 Å². The number of hydrogen-bond donors (Lipinski definition) is 2. The van der Waals surface area contributed by atoms with Gasteiger partial charge in [0.25, 0.3) is 0 Å². The van der Waals surface area contributed by atoms with E-state index < -0.39 is 0 Å². The second-order valence-corrected chi connectivity index (χ2v) is 5.12. The number of halogens is 1. The molecule has 0 fully saturated rings. The van der Waals surface area contributed by atoms with Crippen LogP contribution in [0.3, 0.4) is 0 Å². The number of primary amides is 1. The van der Waals surface area contributed by atoms with E-state index in [2.05, 4.69) is 21.2 Å². The number of carbonyl (C=O) groups excluding carboxylic acids is 1. The zero-order chi connectivity index (χ0) is 14.3. The predicted octanol–water partition coefficient (Wildman–Crippen LogP) is 1.11. The maximum atomic E-state index is 10.9. The fourth-order valence-electron chi connectivity index (χ4n) is 1.64. The highest BCUT2D eigenvalue weighted by atomic mass is 79.9. The largest absolute Gasteiger partial charge is 0.383 e. The summed E-state index contributed by atoms with van der Waals surface area (Å²) in [4.78, 5) is 12.7. The molecule has 1 amide bonds. The zero-order valence-electron chi connectivity index (χ0n) is 11.3. The van der Waals surface area contributed by atoms with E-state index >= 15 is 0 Å². The molecule has 0 aliphatic carbocycles. The molecule has 0 heterocycles. The Labute approximate surface area is 122 Å². The van der Waals surface area contributed by atoms with E-state index in [0.717, 1.165) is 28.8 Å². The number of anilines is 1. The second kappa shape index (κ2) is 8.14. The minimum absolute atomic E-state index is 0.206. The van der Waals surface area contributed by atoms with E-state index in [1.807, 2.05) is 30.1 Å². The number of hydrogen-bond acceptors (Lipinski definition) is 4. The molecule has 1 aromatic rings.